The molecule has 2 fully saturated rings. The predicted octanol–water partition coefficient (Wildman–Crippen LogP) is 4.73. The van der Waals surface area contributed by atoms with Crippen LogP contribution in [0, 0.1) is 19.3 Å². The number of Topliss-reactive ketones (excluding diaryl/α,β-unsaturated/α-hetero) is 3. The number of rotatable bonds is 2. The summed E-state index contributed by atoms with van der Waals surface area (Å²) in [6.45, 7) is 5.29. The van der Waals surface area contributed by atoms with Crippen molar-refractivity contribution in [1.82, 2.24) is 9.80 Å². The van der Waals surface area contributed by atoms with Crippen LogP contribution in [0.2, 0.25) is 0 Å². The SMILES string of the molecule is Cc1ccc(/C=C2\CN(C)C[C@@]3(C2=O)[C@@H](c2ccc(C)cc2)CN(C)C32C(=O)c3ccccc3C2=O)cc1. The van der Waals surface area contributed by atoms with Gasteiger partial charge in [0, 0.05) is 42.3 Å². The van der Waals surface area contributed by atoms with Gasteiger partial charge in [0.15, 0.2) is 22.9 Å². The topological polar surface area (TPSA) is 57.7 Å². The molecule has 192 valence electrons. The molecule has 38 heavy (non-hydrogen) atoms. The Labute approximate surface area is 223 Å². The number of ketones is 3. The van der Waals surface area contributed by atoms with Crippen molar-refractivity contribution in [2.24, 2.45) is 5.41 Å². The summed E-state index contributed by atoms with van der Waals surface area (Å²) < 4.78 is 0. The predicted molar refractivity (Wildman–Crippen MR) is 148 cm³/mol. The van der Waals surface area contributed by atoms with Gasteiger partial charge in [0.05, 0.1) is 5.41 Å². The molecule has 0 radical (unpaired) electrons. The van der Waals surface area contributed by atoms with Gasteiger partial charge < -0.3 is 4.90 Å². The van der Waals surface area contributed by atoms with Crippen molar-refractivity contribution in [2.75, 3.05) is 33.7 Å². The van der Waals surface area contributed by atoms with Gasteiger partial charge in [-0.15, -0.1) is 0 Å². The quantitative estimate of drug-likeness (QED) is 0.373. The van der Waals surface area contributed by atoms with Gasteiger partial charge in [0.2, 0.25) is 0 Å². The van der Waals surface area contributed by atoms with Crippen molar-refractivity contribution in [3.8, 4) is 0 Å². The van der Waals surface area contributed by atoms with E-state index in [1.165, 1.54) is 0 Å². The number of fused-ring (bicyclic) bond motifs is 2. The van der Waals surface area contributed by atoms with Crippen molar-refractivity contribution >= 4 is 23.4 Å². The van der Waals surface area contributed by atoms with Gasteiger partial charge in [0.1, 0.15) is 0 Å². The third-order valence-corrected chi connectivity index (χ3v) is 8.90. The van der Waals surface area contributed by atoms with Gasteiger partial charge in [-0.05, 0) is 45.1 Å². The molecule has 2 atom stereocenters. The van der Waals surface area contributed by atoms with Gasteiger partial charge in [0.25, 0.3) is 0 Å². The Hall–Kier alpha value is -3.67. The number of benzene rings is 3. The molecule has 0 bridgehead atoms. The molecule has 0 saturated carbocycles. The van der Waals surface area contributed by atoms with Gasteiger partial charge in [-0.3, -0.25) is 19.3 Å². The van der Waals surface area contributed by atoms with Crippen LogP contribution in [0.15, 0.2) is 78.4 Å². The number of carbonyl (C=O) groups is 3. The largest absolute Gasteiger partial charge is 0.301 e. The van der Waals surface area contributed by atoms with Crippen LogP contribution < -0.4 is 0 Å². The highest BCUT2D eigenvalue weighted by atomic mass is 16.2. The van der Waals surface area contributed by atoms with E-state index in [9.17, 15) is 14.4 Å². The van der Waals surface area contributed by atoms with Crippen LogP contribution in [-0.2, 0) is 4.79 Å². The number of likely N-dealkylation sites (N-methyl/N-ethyl adjacent to an activating group) is 2. The van der Waals surface area contributed by atoms with Crippen LogP contribution in [-0.4, -0.2) is 66.4 Å². The maximum atomic E-state index is 14.9. The van der Waals surface area contributed by atoms with Crippen LogP contribution in [0.3, 0.4) is 0 Å². The van der Waals surface area contributed by atoms with E-state index in [0.717, 1.165) is 22.3 Å². The molecule has 2 aliphatic heterocycles. The average molecular weight is 505 g/mol. The second kappa shape index (κ2) is 8.69. The molecule has 3 aromatic carbocycles. The average Bonchev–Trinajstić information content (AvgIpc) is 3.29. The zero-order valence-electron chi connectivity index (χ0n) is 22.3. The lowest BCUT2D eigenvalue weighted by Crippen LogP contribution is -2.69. The van der Waals surface area contributed by atoms with Gasteiger partial charge >= 0.3 is 0 Å². The first-order valence-corrected chi connectivity index (χ1v) is 13.2. The lowest BCUT2D eigenvalue weighted by Gasteiger charge is -2.50. The molecule has 3 aliphatic rings. The fraction of sp³-hybridized carbons (Fsp3) is 0.303. The van der Waals surface area contributed by atoms with Crippen molar-refractivity contribution < 1.29 is 14.4 Å². The summed E-state index contributed by atoms with van der Waals surface area (Å²) in [5, 5.41) is 0. The molecule has 5 nitrogen and oxygen atoms in total. The smallest absolute Gasteiger partial charge is 0.192 e. The number of hydrogen-bond donors (Lipinski definition) is 0. The third kappa shape index (κ3) is 3.22. The van der Waals surface area contributed by atoms with Crippen LogP contribution in [0.4, 0.5) is 0 Å². The van der Waals surface area contributed by atoms with Crippen molar-refractivity contribution in [3.63, 3.8) is 0 Å². The number of aryl methyl sites for hydroxylation is 2. The Morgan fingerprint density at radius 2 is 1.32 bits per heavy atom. The fourth-order valence-corrected chi connectivity index (χ4v) is 7.20. The first-order valence-electron chi connectivity index (χ1n) is 13.2. The summed E-state index contributed by atoms with van der Waals surface area (Å²) in [6.07, 6.45) is 1.94. The summed E-state index contributed by atoms with van der Waals surface area (Å²) in [7, 11) is 3.81. The number of likely N-dealkylation sites (tertiary alicyclic amines) is 2. The number of nitrogens with zero attached hydrogens (tertiary/aromatic N) is 2. The summed E-state index contributed by atoms with van der Waals surface area (Å²) in [5.74, 6) is -0.935. The Bertz CT molecular complexity index is 1470. The van der Waals surface area contributed by atoms with E-state index in [2.05, 4.69) is 17.0 Å². The highest BCUT2D eigenvalue weighted by Gasteiger charge is 2.77. The molecule has 0 unspecified atom stereocenters. The van der Waals surface area contributed by atoms with Crippen LogP contribution >= 0.6 is 0 Å². The molecule has 0 amide bonds. The minimum atomic E-state index is -1.59. The Morgan fingerprint density at radius 3 is 1.89 bits per heavy atom. The van der Waals surface area contributed by atoms with E-state index < -0.39 is 11.0 Å². The third-order valence-electron chi connectivity index (χ3n) is 8.90. The normalized spacial score (nSPS) is 26.2. The number of carbonyl (C=O) groups excluding carboxylic acids is 3. The first-order chi connectivity index (χ1) is 18.2. The second-order valence-electron chi connectivity index (χ2n) is 11.3. The number of piperidine rings is 1. The Balaban J connectivity index is 1.61. The van der Waals surface area contributed by atoms with E-state index in [1.807, 2.05) is 75.3 Å². The highest BCUT2D eigenvalue weighted by Crippen LogP contribution is 2.60. The maximum Gasteiger partial charge on any atom is 0.192 e. The zero-order chi connectivity index (χ0) is 26.8. The molecule has 2 heterocycles. The molecule has 3 aromatic rings. The van der Waals surface area contributed by atoms with Crippen molar-refractivity contribution in [3.05, 3.63) is 112 Å². The summed E-state index contributed by atoms with van der Waals surface area (Å²) in [5.41, 5.74) is 2.78. The molecule has 0 N–H and O–H groups in total. The lowest BCUT2D eigenvalue weighted by atomic mass is 9.56. The minimum Gasteiger partial charge on any atom is -0.301 e. The fourth-order valence-electron chi connectivity index (χ4n) is 7.20. The van der Waals surface area contributed by atoms with E-state index >= 15 is 0 Å². The summed E-state index contributed by atoms with van der Waals surface area (Å²) in [6, 6.07) is 23.3. The first kappa shape index (κ1) is 24.7. The molecular formula is C33H32N2O3. The zero-order valence-corrected chi connectivity index (χ0v) is 22.3. The monoisotopic (exact) mass is 504 g/mol. The number of hydrogen-bond acceptors (Lipinski definition) is 5. The second-order valence-corrected chi connectivity index (χ2v) is 11.3. The molecule has 2 spiro atoms. The molecule has 5 heteroatoms. The molecule has 0 aromatic heterocycles. The molecular weight excluding hydrogens is 472 g/mol. The van der Waals surface area contributed by atoms with E-state index in [1.54, 1.807) is 24.3 Å². The standard InChI is InChI=1S/C33H32N2O3/c1-21-9-13-23(14-10-21)17-25-18-34(3)20-32(29(25)36)28(24-15-11-22(2)12-16-24)19-35(4)33(32)30(37)26-7-5-6-8-27(26)31(33)38/h5-17,28H,18-20H2,1-4H3/b25-17+/t28-,32+/m1/s1. The van der Waals surface area contributed by atoms with E-state index in [-0.39, 0.29) is 23.3 Å². The minimum absolute atomic E-state index is 0.0967. The van der Waals surface area contributed by atoms with Crippen molar-refractivity contribution in [2.45, 2.75) is 25.3 Å². The van der Waals surface area contributed by atoms with E-state index in [0.29, 0.717) is 36.3 Å². The molecule has 1 aliphatic carbocycles. The van der Waals surface area contributed by atoms with Crippen LogP contribution in [0.5, 0.6) is 0 Å². The van der Waals surface area contributed by atoms with Gasteiger partial charge in [-0.1, -0.05) is 83.9 Å². The summed E-state index contributed by atoms with van der Waals surface area (Å²) in [4.78, 5) is 47.8. The maximum absolute atomic E-state index is 14.9. The Kier molecular flexibility index (Phi) is 5.64. The van der Waals surface area contributed by atoms with Crippen LogP contribution in [0.1, 0.15) is 48.9 Å². The highest BCUT2D eigenvalue weighted by molar-refractivity contribution is 6.36. The van der Waals surface area contributed by atoms with Gasteiger partial charge in [-0.25, -0.2) is 0 Å². The van der Waals surface area contributed by atoms with Crippen molar-refractivity contribution in [1.29, 1.82) is 0 Å². The van der Waals surface area contributed by atoms with Crippen LogP contribution in [0.25, 0.3) is 6.08 Å². The van der Waals surface area contributed by atoms with E-state index in [4.69, 9.17) is 0 Å². The lowest BCUT2D eigenvalue weighted by molar-refractivity contribution is -0.132. The molecule has 2 saturated heterocycles. The Morgan fingerprint density at radius 1 is 0.763 bits per heavy atom. The summed E-state index contributed by atoms with van der Waals surface area (Å²) >= 11 is 0. The van der Waals surface area contributed by atoms with Gasteiger partial charge in [-0.2, -0.15) is 0 Å². The molecule has 6 rings (SSSR count).